The average molecular weight is 700 g/mol. The maximum absolute atomic E-state index is 2.38. The van der Waals surface area contributed by atoms with Gasteiger partial charge in [-0.25, -0.2) is 0 Å². The van der Waals surface area contributed by atoms with E-state index in [1.165, 1.54) is 77.5 Å². The van der Waals surface area contributed by atoms with Gasteiger partial charge in [0.15, 0.2) is 0 Å². The Hall–Kier alpha value is -6.96. The first-order chi connectivity index (χ1) is 27.3. The molecule has 55 heavy (non-hydrogen) atoms. The lowest BCUT2D eigenvalue weighted by molar-refractivity contribution is 0.757. The van der Waals surface area contributed by atoms with E-state index in [2.05, 4.69) is 217 Å². The molecule has 3 aliphatic carbocycles. The molecule has 9 aromatic rings. The van der Waals surface area contributed by atoms with Gasteiger partial charge < -0.3 is 4.90 Å². The highest BCUT2D eigenvalue weighted by molar-refractivity contribution is 5.91. The lowest BCUT2D eigenvalue weighted by Crippen LogP contribution is -2.28. The van der Waals surface area contributed by atoms with E-state index in [9.17, 15) is 0 Å². The largest absolute Gasteiger partial charge is 0.310 e. The Morgan fingerprint density at radius 3 is 1.18 bits per heavy atom. The first kappa shape index (κ1) is 31.6. The Morgan fingerprint density at radius 1 is 0.273 bits per heavy atom. The lowest BCUT2D eigenvalue weighted by Gasteiger charge is -2.44. The summed E-state index contributed by atoms with van der Waals surface area (Å²) < 4.78 is 0. The zero-order valence-corrected chi connectivity index (χ0v) is 30.3. The predicted molar refractivity (Wildman–Crippen MR) is 230 cm³/mol. The Balaban J connectivity index is 1.06. The van der Waals surface area contributed by atoms with Crippen LogP contribution in [0.1, 0.15) is 45.2 Å². The standard InChI is InChI=1S/C54H37N/c1-3-13-36(14-4-1)38-23-28-42(29-24-38)55(44-32-25-37-15-7-8-18-41(37)35-44)43-30-26-40(27-31-43)46-34-33-45(39-16-5-2-6-17-39)53-51-47-19-9-11-21-49(47)52(54(46)53)50-22-12-10-20-48(50)51/h1-35,51-52H. The number of benzene rings is 9. The summed E-state index contributed by atoms with van der Waals surface area (Å²) in [5, 5.41) is 2.46. The molecule has 0 atom stereocenters. The SMILES string of the molecule is c1ccc(-c2ccc(N(c3ccc(-c4ccc(-c5ccccc5)c5c4C4c6ccccc6C5c5ccccc54)cc3)c3ccc4ccccc4c3)cc2)cc1. The molecule has 0 amide bonds. The molecule has 1 heteroatoms. The molecule has 0 unspecified atom stereocenters. The van der Waals surface area contributed by atoms with Crippen LogP contribution in [-0.2, 0) is 0 Å². The summed E-state index contributed by atoms with van der Waals surface area (Å²) in [6, 6.07) is 78.2. The van der Waals surface area contributed by atoms with Gasteiger partial charge in [0.05, 0.1) is 0 Å². The maximum Gasteiger partial charge on any atom is 0.0468 e. The fourth-order valence-electron chi connectivity index (χ4n) is 9.40. The highest BCUT2D eigenvalue weighted by Gasteiger charge is 2.43. The molecule has 0 aromatic heterocycles. The van der Waals surface area contributed by atoms with E-state index in [1.807, 2.05) is 0 Å². The number of hydrogen-bond donors (Lipinski definition) is 0. The van der Waals surface area contributed by atoms with Gasteiger partial charge in [-0.05, 0) is 114 Å². The predicted octanol–water partition coefficient (Wildman–Crippen LogP) is 14.3. The summed E-state index contributed by atoms with van der Waals surface area (Å²) in [5.41, 5.74) is 19.6. The third-order valence-electron chi connectivity index (χ3n) is 11.8. The van der Waals surface area contributed by atoms with E-state index in [-0.39, 0.29) is 11.8 Å². The first-order valence-corrected chi connectivity index (χ1v) is 19.2. The van der Waals surface area contributed by atoms with E-state index in [0.29, 0.717) is 0 Å². The number of anilines is 3. The lowest BCUT2D eigenvalue weighted by atomic mass is 9.58. The topological polar surface area (TPSA) is 3.24 Å². The van der Waals surface area contributed by atoms with Crippen LogP contribution in [0.3, 0.4) is 0 Å². The molecule has 0 saturated heterocycles. The van der Waals surface area contributed by atoms with Crippen molar-refractivity contribution in [1.82, 2.24) is 0 Å². The second-order valence-electron chi connectivity index (χ2n) is 14.8. The maximum atomic E-state index is 2.38. The number of nitrogens with zero attached hydrogens (tertiary/aromatic N) is 1. The molecule has 258 valence electrons. The van der Waals surface area contributed by atoms with Crippen molar-refractivity contribution in [1.29, 1.82) is 0 Å². The van der Waals surface area contributed by atoms with Crippen LogP contribution in [0, 0.1) is 0 Å². The monoisotopic (exact) mass is 699 g/mol. The second-order valence-corrected chi connectivity index (χ2v) is 14.8. The number of rotatable bonds is 6. The average Bonchev–Trinajstić information content (AvgIpc) is 3.27. The summed E-state index contributed by atoms with van der Waals surface area (Å²) in [6.45, 7) is 0. The molecule has 0 radical (unpaired) electrons. The minimum absolute atomic E-state index is 0.169. The smallest absolute Gasteiger partial charge is 0.0468 e. The van der Waals surface area contributed by atoms with Gasteiger partial charge in [-0.15, -0.1) is 0 Å². The van der Waals surface area contributed by atoms with Gasteiger partial charge in [0.25, 0.3) is 0 Å². The molecule has 0 fully saturated rings. The van der Waals surface area contributed by atoms with E-state index < -0.39 is 0 Å². The minimum atomic E-state index is 0.169. The molecular weight excluding hydrogens is 663 g/mol. The van der Waals surface area contributed by atoms with Crippen molar-refractivity contribution in [2.75, 3.05) is 4.90 Å². The number of hydrogen-bond acceptors (Lipinski definition) is 1. The molecule has 2 bridgehead atoms. The molecule has 9 aromatic carbocycles. The van der Waals surface area contributed by atoms with E-state index in [4.69, 9.17) is 0 Å². The van der Waals surface area contributed by atoms with Gasteiger partial charge >= 0.3 is 0 Å². The van der Waals surface area contributed by atoms with E-state index in [0.717, 1.165) is 17.1 Å². The second kappa shape index (κ2) is 12.9. The van der Waals surface area contributed by atoms with Crippen LogP contribution in [0.25, 0.3) is 44.2 Å². The Morgan fingerprint density at radius 2 is 0.655 bits per heavy atom. The van der Waals surface area contributed by atoms with Crippen LogP contribution in [0.5, 0.6) is 0 Å². The molecule has 0 spiro atoms. The van der Waals surface area contributed by atoms with Crippen molar-refractivity contribution in [2.24, 2.45) is 0 Å². The normalized spacial score (nSPS) is 14.9. The fourth-order valence-corrected chi connectivity index (χ4v) is 9.40. The Kier molecular flexibility index (Phi) is 7.38. The molecule has 0 aliphatic heterocycles. The summed E-state index contributed by atoms with van der Waals surface area (Å²) >= 11 is 0. The van der Waals surface area contributed by atoms with Crippen LogP contribution in [0.4, 0.5) is 17.1 Å². The molecule has 0 N–H and O–H groups in total. The third kappa shape index (κ3) is 5.16. The zero-order valence-electron chi connectivity index (χ0n) is 30.3. The molecule has 12 rings (SSSR count). The highest BCUT2D eigenvalue weighted by atomic mass is 15.1. The van der Waals surface area contributed by atoms with Gasteiger partial charge in [-0.3, -0.25) is 0 Å². The quantitative estimate of drug-likeness (QED) is 0.167. The zero-order chi connectivity index (χ0) is 36.3. The van der Waals surface area contributed by atoms with Crippen molar-refractivity contribution in [2.45, 2.75) is 11.8 Å². The summed E-state index contributed by atoms with van der Waals surface area (Å²) in [4.78, 5) is 2.38. The fraction of sp³-hybridized carbons (Fsp3) is 0.0370. The van der Waals surface area contributed by atoms with E-state index >= 15 is 0 Å². The van der Waals surface area contributed by atoms with Crippen LogP contribution in [0.15, 0.2) is 212 Å². The highest BCUT2D eigenvalue weighted by Crippen LogP contribution is 2.59. The molecule has 0 heterocycles. The first-order valence-electron chi connectivity index (χ1n) is 19.2. The van der Waals surface area contributed by atoms with Gasteiger partial charge in [0.2, 0.25) is 0 Å². The van der Waals surface area contributed by atoms with Gasteiger partial charge in [-0.2, -0.15) is 0 Å². The van der Waals surface area contributed by atoms with Gasteiger partial charge in [-0.1, -0.05) is 176 Å². The Labute approximate surface area is 322 Å². The Bertz CT molecular complexity index is 2810. The van der Waals surface area contributed by atoms with Crippen LogP contribution in [0.2, 0.25) is 0 Å². The van der Waals surface area contributed by atoms with Crippen molar-refractivity contribution in [3.63, 3.8) is 0 Å². The van der Waals surface area contributed by atoms with Crippen LogP contribution >= 0.6 is 0 Å². The summed E-state index contributed by atoms with van der Waals surface area (Å²) in [6.07, 6.45) is 0. The number of fused-ring (bicyclic) bond motifs is 1. The van der Waals surface area contributed by atoms with Crippen LogP contribution in [-0.4, -0.2) is 0 Å². The van der Waals surface area contributed by atoms with Crippen molar-refractivity contribution >= 4 is 27.8 Å². The van der Waals surface area contributed by atoms with Crippen molar-refractivity contribution in [3.8, 4) is 33.4 Å². The molecule has 1 nitrogen and oxygen atoms in total. The summed E-state index contributed by atoms with van der Waals surface area (Å²) in [7, 11) is 0. The molecule has 3 aliphatic rings. The van der Waals surface area contributed by atoms with Gasteiger partial charge in [0.1, 0.15) is 0 Å². The minimum Gasteiger partial charge on any atom is -0.310 e. The van der Waals surface area contributed by atoms with Crippen molar-refractivity contribution in [3.05, 3.63) is 246 Å². The third-order valence-corrected chi connectivity index (χ3v) is 11.8. The van der Waals surface area contributed by atoms with E-state index in [1.54, 1.807) is 0 Å². The van der Waals surface area contributed by atoms with Crippen LogP contribution < -0.4 is 4.90 Å². The van der Waals surface area contributed by atoms with Gasteiger partial charge in [0, 0.05) is 28.9 Å². The molecule has 0 saturated carbocycles. The van der Waals surface area contributed by atoms with Crippen molar-refractivity contribution < 1.29 is 0 Å². The summed E-state index contributed by atoms with van der Waals surface area (Å²) in [5.74, 6) is 0.354. The molecular formula is C54H37N.